The maximum atomic E-state index is 12.9. The molecule has 5 fully saturated rings. The largest absolute Gasteiger partial charge is 0.465 e. The lowest BCUT2D eigenvalue weighted by atomic mass is 9.48. The van der Waals surface area contributed by atoms with Gasteiger partial charge < -0.3 is 19.1 Å². The molecule has 0 spiro atoms. The van der Waals surface area contributed by atoms with Crippen LogP contribution in [0.5, 0.6) is 0 Å². The van der Waals surface area contributed by atoms with E-state index in [-0.39, 0.29) is 43.8 Å². The van der Waals surface area contributed by atoms with Crippen LogP contribution in [0.15, 0.2) is 24.3 Å². The van der Waals surface area contributed by atoms with Crippen molar-refractivity contribution in [3.63, 3.8) is 0 Å². The lowest BCUT2D eigenvalue weighted by Gasteiger charge is -2.57. The summed E-state index contributed by atoms with van der Waals surface area (Å²) in [6, 6.07) is 0. The highest BCUT2D eigenvalue weighted by molar-refractivity contribution is 5.70. The molecule has 8 nitrogen and oxygen atoms in total. The number of nitrogens with zero attached hydrogens (tertiary/aromatic N) is 2. The number of esters is 2. The topological polar surface area (TPSA) is 85.4 Å². The van der Waals surface area contributed by atoms with Crippen molar-refractivity contribution < 1.29 is 28.6 Å². The fourth-order valence-electron chi connectivity index (χ4n) is 9.92. The molecule has 0 radical (unpaired) electrons. The van der Waals surface area contributed by atoms with Crippen molar-refractivity contribution in [2.75, 3.05) is 52.5 Å². The van der Waals surface area contributed by atoms with E-state index in [2.05, 4.69) is 43.1 Å². The Morgan fingerprint density at radius 2 is 1.15 bits per heavy atom. The van der Waals surface area contributed by atoms with Crippen molar-refractivity contribution in [3.8, 4) is 0 Å². The molecule has 1 unspecified atom stereocenters. The van der Waals surface area contributed by atoms with E-state index in [1.54, 1.807) is 4.90 Å². The Labute approximate surface area is 323 Å². The predicted molar refractivity (Wildman–Crippen MR) is 213 cm³/mol. The van der Waals surface area contributed by atoms with E-state index in [1.807, 2.05) is 0 Å². The normalized spacial score (nSPS) is 24.6. The van der Waals surface area contributed by atoms with Gasteiger partial charge in [0.05, 0.1) is 5.92 Å². The second kappa shape index (κ2) is 24.9. The zero-order valence-electron chi connectivity index (χ0n) is 33.9. The molecule has 0 N–H and O–H groups in total. The van der Waals surface area contributed by atoms with E-state index in [9.17, 15) is 14.4 Å². The molecule has 0 aromatic carbocycles. The van der Waals surface area contributed by atoms with Gasteiger partial charge in [-0.25, -0.2) is 4.79 Å². The summed E-state index contributed by atoms with van der Waals surface area (Å²) in [6.07, 6.45) is 35.0. The Morgan fingerprint density at radius 1 is 0.623 bits per heavy atom. The summed E-state index contributed by atoms with van der Waals surface area (Å²) >= 11 is 0. The van der Waals surface area contributed by atoms with Crippen LogP contribution < -0.4 is 0 Å². The summed E-state index contributed by atoms with van der Waals surface area (Å²) in [7, 11) is 0. The zero-order valence-corrected chi connectivity index (χ0v) is 33.9. The summed E-state index contributed by atoms with van der Waals surface area (Å²) in [5, 5.41) is 0. The lowest BCUT2D eigenvalue weighted by Crippen LogP contribution is -2.49. The Kier molecular flexibility index (Phi) is 20.4. The number of ether oxygens (including phenoxy) is 3. The van der Waals surface area contributed by atoms with Crippen molar-refractivity contribution in [3.05, 3.63) is 24.3 Å². The maximum absolute atomic E-state index is 12.9. The minimum Gasteiger partial charge on any atom is -0.465 e. The van der Waals surface area contributed by atoms with Crippen LogP contribution in [0.3, 0.4) is 0 Å². The number of carbonyl (C=O) groups excluding carboxylic acids is 3. The third kappa shape index (κ3) is 16.9. The van der Waals surface area contributed by atoms with E-state index < -0.39 is 0 Å². The van der Waals surface area contributed by atoms with Crippen LogP contribution in [0.2, 0.25) is 0 Å². The number of hydrogen-bond donors (Lipinski definition) is 0. The van der Waals surface area contributed by atoms with E-state index in [0.717, 1.165) is 88.8 Å². The molecule has 53 heavy (non-hydrogen) atoms. The molecule has 5 aliphatic rings. The lowest BCUT2D eigenvalue weighted by molar-refractivity contribution is -0.150. The van der Waals surface area contributed by atoms with Crippen molar-refractivity contribution in [2.45, 2.75) is 162 Å². The zero-order chi connectivity index (χ0) is 37.6. The van der Waals surface area contributed by atoms with Crippen LogP contribution >= 0.6 is 0 Å². The highest BCUT2D eigenvalue weighted by atomic mass is 16.6. The highest BCUT2D eigenvalue weighted by Gasteiger charge is 2.50. The van der Waals surface area contributed by atoms with Gasteiger partial charge in [0.25, 0.3) is 0 Å². The molecular formula is C45H76N2O6. The van der Waals surface area contributed by atoms with Crippen LogP contribution in [0, 0.1) is 29.1 Å². The van der Waals surface area contributed by atoms with Gasteiger partial charge in [0, 0.05) is 39.0 Å². The first-order valence-corrected chi connectivity index (χ1v) is 22.1. The number of hydrogen-bond acceptors (Lipinski definition) is 7. The molecule has 1 atom stereocenters. The molecule has 1 heterocycles. The van der Waals surface area contributed by atoms with Crippen LogP contribution in [0.25, 0.3) is 0 Å². The van der Waals surface area contributed by atoms with Gasteiger partial charge in [-0.15, -0.1) is 0 Å². The molecule has 1 amide bonds. The number of unbranched alkanes of at least 4 members (excludes halogenated alkanes) is 9. The van der Waals surface area contributed by atoms with Gasteiger partial charge in [-0.1, -0.05) is 76.7 Å². The monoisotopic (exact) mass is 741 g/mol. The fraction of sp³-hybridized carbons (Fsp3) is 0.844. The van der Waals surface area contributed by atoms with Crippen LogP contribution in [0.4, 0.5) is 4.79 Å². The molecule has 0 aromatic heterocycles. The standard InChI is InChI=1S/C45H76N2O6/c1-3-5-6-7-8-9-10-11-12-13-14-15-16-17-18-19-21-42(48)51-35-41(37-53-44(50)47-27-25-46(24-4-2)26-28-47)36-52-43(49)22-20-23-45-32-38-29-39(33-45)31-40(30-38)34-45/h8-9,11-12,38-41H,3-7,10,13-37H2,1-2H3/b9-8-,12-11-. The van der Waals surface area contributed by atoms with E-state index in [0.29, 0.717) is 31.3 Å². The van der Waals surface area contributed by atoms with Crippen molar-refractivity contribution >= 4 is 18.0 Å². The Morgan fingerprint density at radius 3 is 1.74 bits per heavy atom. The molecule has 4 aliphatic carbocycles. The Hall–Kier alpha value is -2.35. The summed E-state index contributed by atoms with van der Waals surface area (Å²) < 4.78 is 17.1. The SMILES string of the molecule is CCCCC/C=C\C/C=C\CCCCCCCCC(=O)OCC(COC(=O)CCCC12CC3CC(CC(C3)C1)C2)COC(=O)N1CCN(CCC)CC1. The van der Waals surface area contributed by atoms with Gasteiger partial charge in [-0.05, 0) is 126 Å². The highest BCUT2D eigenvalue weighted by Crippen LogP contribution is 2.61. The third-order valence-corrected chi connectivity index (χ3v) is 12.4. The molecule has 8 heteroatoms. The summed E-state index contributed by atoms with van der Waals surface area (Å²) in [6.45, 7) is 8.67. The quantitative estimate of drug-likeness (QED) is 0.0359. The predicted octanol–water partition coefficient (Wildman–Crippen LogP) is 10.4. The minimum atomic E-state index is -0.382. The van der Waals surface area contributed by atoms with Crippen molar-refractivity contribution in [1.29, 1.82) is 0 Å². The molecule has 1 aliphatic heterocycles. The summed E-state index contributed by atoms with van der Waals surface area (Å²) in [4.78, 5) is 42.5. The molecular weight excluding hydrogens is 665 g/mol. The van der Waals surface area contributed by atoms with Gasteiger partial charge in [0.2, 0.25) is 0 Å². The van der Waals surface area contributed by atoms with Crippen LogP contribution in [0.1, 0.15) is 162 Å². The van der Waals surface area contributed by atoms with Gasteiger partial charge >= 0.3 is 18.0 Å². The number of piperazine rings is 1. The Balaban J connectivity index is 1.08. The van der Waals surface area contributed by atoms with Gasteiger partial charge in [-0.3, -0.25) is 14.5 Å². The second-order valence-electron chi connectivity index (χ2n) is 17.2. The Bertz CT molecular complexity index is 1080. The minimum absolute atomic E-state index is 0.0623. The molecule has 0 aromatic rings. The maximum Gasteiger partial charge on any atom is 0.409 e. The van der Waals surface area contributed by atoms with E-state index in [4.69, 9.17) is 14.2 Å². The number of rotatable bonds is 27. The number of carbonyl (C=O) groups is 3. The molecule has 5 rings (SSSR count). The second-order valence-corrected chi connectivity index (χ2v) is 17.2. The molecule has 4 saturated carbocycles. The van der Waals surface area contributed by atoms with Crippen molar-refractivity contribution in [1.82, 2.24) is 9.80 Å². The van der Waals surface area contributed by atoms with Gasteiger partial charge in [-0.2, -0.15) is 0 Å². The smallest absolute Gasteiger partial charge is 0.409 e. The molecule has 302 valence electrons. The first-order valence-electron chi connectivity index (χ1n) is 22.1. The third-order valence-electron chi connectivity index (χ3n) is 12.4. The van der Waals surface area contributed by atoms with Crippen LogP contribution in [-0.2, 0) is 23.8 Å². The van der Waals surface area contributed by atoms with Crippen molar-refractivity contribution in [2.24, 2.45) is 29.1 Å². The average Bonchev–Trinajstić information content (AvgIpc) is 3.14. The first-order chi connectivity index (χ1) is 25.9. The van der Waals surface area contributed by atoms with E-state index >= 15 is 0 Å². The summed E-state index contributed by atoms with van der Waals surface area (Å²) in [5.74, 6) is 1.93. The van der Waals surface area contributed by atoms with Crippen LogP contribution in [-0.4, -0.2) is 80.4 Å². The van der Waals surface area contributed by atoms with E-state index in [1.165, 1.54) is 83.5 Å². The number of amides is 1. The number of allylic oxidation sites excluding steroid dienone is 4. The fourth-order valence-corrected chi connectivity index (χ4v) is 9.92. The van der Waals surface area contributed by atoms with Gasteiger partial charge in [0.15, 0.2) is 0 Å². The first kappa shape index (κ1) is 43.4. The molecule has 4 bridgehead atoms. The van der Waals surface area contributed by atoms with Gasteiger partial charge in [0.1, 0.15) is 19.8 Å². The summed E-state index contributed by atoms with van der Waals surface area (Å²) in [5.41, 5.74) is 0.462. The average molecular weight is 741 g/mol. The molecule has 1 saturated heterocycles.